The minimum atomic E-state index is 0.261. The van der Waals surface area contributed by atoms with Crippen molar-refractivity contribution in [2.45, 2.75) is 6.04 Å². The van der Waals surface area contributed by atoms with Gasteiger partial charge in [-0.3, -0.25) is 4.90 Å². The molecule has 1 fully saturated rings. The van der Waals surface area contributed by atoms with Gasteiger partial charge in [0.1, 0.15) is 12.1 Å². The van der Waals surface area contributed by atoms with Gasteiger partial charge >= 0.3 is 0 Å². The molecule has 0 saturated carbocycles. The van der Waals surface area contributed by atoms with Crippen molar-refractivity contribution in [3.63, 3.8) is 0 Å². The van der Waals surface area contributed by atoms with Crippen LogP contribution in [-0.4, -0.2) is 47.7 Å². The van der Waals surface area contributed by atoms with Crippen LogP contribution < -0.4 is 5.32 Å². The molecule has 0 radical (unpaired) electrons. The predicted octanol–water partition coefficient (Wildman–Crippen LogP) is 3.77. The van der Waals surface area contributed by atoms with Gasteiger partial charge in [-0.1, -0.05) is 41.9 Å². The number of hydrogen-bond acceptors (Lipinski definition) is 5. The highest BCUT2D eigenvalue weighted by atomic mass is 35.5. The third kappa shape index (κ3) is 3.80. The van der Waals surface area contributed by atoms with Crippen molar-refractivity contribution in [3.05, 3.63) is 65.4 Å². The topological polar surface area (TPSA) is 50.3 Å². The fourth-order valence-electron chi connectivity index (χ4n) is 3.39. The van der Waals surface area contributed by atoms with Gasteiger partial charge in [-0.2, -0.15) is 0 Å². The second kappa shape index (κ2) is 7.99. The van der Waals surface area contributed by atoms with Crippen LogP contribution in [0.25, 0.3) is 10.9 Å². The summed E-state index contributed by atoms with van der Waals surface area (Å²) in [5.74, 6) is 0.834. The summed E-state index contributed by atoms with van der Waals surface area (Å²) in [5, 5.41) is 5.18. The molecule has 0 aliphatic carbocycles. The molecule has 1 atom stereocenters. The Hall–Kier alpha value is -2.21. The Morgan fingerprint density at radius 2 is 1.88 bits per heavy atom. The van der Waals surface area contributed by atoms with Crippen LogP contribution in [0.1, 0.15) is 11.6 Å². The maximum Gasteiger partial charge on any atom is 0.137 e. The zero-order chi connectivity index (χ0) is 17.8. The van der Waals surface area contributed by atoms with E-state index in [9.17, 15) is 0 Å². The van der Waals surface area contributed by atoms with Crippen LogP contribution in [0.15, 0.2) is 54.9 Å². The van der Waals surface area contributed by atoms with Gasteiger partial charge in [-0.05, 0) is 23.8 Å². The monoisotopic (exact) mass is 368 g/mol. The molecule has 2 aromatic carbocycles. The minimum Gasteiger partial charge on any atom is -0.379 e. The number of anilines is 1. The van der Waals surface area contributed by atoms with E-state index in [1.54, 1.807) is 6.33 Å². The first kappa shape index (κ1) is 17.2. The van der Waals surface area contributed by atoms with Gasteiger partial charge in [0.05, 0.1) is 24.8 Å². The first-order valence-electron chi connectivity index (χ1n) is 8.82. The van der Waals surface area contributed by atoms with Gasteiger partial charge in [0.25, 0.3) is 0 Å². The van der Waals surface area contributed by atoms with Gasteiger partial charge in [-0.15, -0.1) is 0 Å². The number of ether oxygens (including phenoxy) is 1. The molecule has 0 bridgehead atoms. The average molecular weight is 369 g/mol. The quantitative estimate of drug-likeness (QED) is 0.743. The fourth-order valence-corrected chi connectivity index (χ4v) is 3.55. The van der Waals surface area contributed by atoms with Crippen molar-refractivity contribution < 1.29 is 4.74 Å². The number of hydrogen-bond donors (Lipinski definition) is 1. The number of fused-ring (bicyclic) bond motifs is 1. The van der Waals surface area contributed by atoms with Crippen LogP contribution in [0, 0.1) is 0 Å². The SMILES string of the molecule is Clc1ccc2c(NCC(c3ccccc3)N3CCOCC3)ncnc2c1. The Morgan fingerprint density at radius 1 is 1.08 bits per heavy atom. The number of aromatic nitrogens is 2. The lowest BCUT2D eigenvalue weighted by Crippen LogP contribution is -2.41. The third-order valence-corrected chi connectivity index (χ3v) is 4.97. The molecule has 1 aliphatic heterocycles. The molecule has 5 nitrogen and oxygen atoms in total. The second-order valence-electron chi connectivity index (χ2n) is 6.34. The van der Waals surface area contributed by atoms with Gasteiger partial charge < -0.3 is 10.1 Å². The van der Waals surface area contributed by atoms with Crippen molar-refractivity contribution in [1.29, 1.82) is 0 Å². The number of morpholine rings is 1. The molecule has 1 aromatic heterocycles. The third-order valence-electron chi connectivity index (χ3n) is 4.73. The first-order valence-corrected chi connectivity index (χ1v) is 9.20. The highest BCUT2D eigenvalue weighted by Crippen LogP contribution is 2.26. The molecule has 0 amide bonds. The van der Waals surface area contributed by atoms with Gasteiger partial charge in [0, 0.05) is 30.0 Å². The Kier molecular flexibility index (Phi) is 5.29. The molecule has 4 rings (SSSR count). The van der Waals surface area contributed by atoms with Crippen LogP contribution in [-0.2, 0) is 4.74 Å². The van der Waals surface area contributed by atoms with Crippen molar-refractivity contribution in [2.24, 2.45) is 0 Å². The summed E-state index contributed by atoms with van der Waals surface area (Å²) < 4.78 is 5.52. The number of nitrogens with one attached hydrogen (secondary N) is 1. The Labute approximate surface area is 158 Å². The average Bonchev–Trinajstić information content (AvgIpc) is 2.69. The molecule has 134 valence electrons. The molecule has 0 spiro atoms. The smallest absolute Gasteiger partial charge is 0.137 e. The lowest BCUT2D eigenvalue weighted by molar-refractivity contribution is 0.0187. The molecule has 1 N–H and O–H groups in total. The lowest BCUT2D eigenvalue weighted by atomic mass is 10.0. The molecular formula is C20H21ClN4O. The van der Waals surface area contributed by atoms with E-state index in [4.69, 9.17) is 16.3 Å². The van der Waals surface area contributed by atoms with Crippen LogP contribution in [0.3, 0.4) is 0 Å². The molecule has 2 heterocycles. The van der Waals surface area contributed by atoms with Crippen LogP contribution in [0.4, 0.5) is 5.82 Å². The lowest BCUT2D eigenvalue weighted by Gasteiger charge is -2.35. The highest BCUT2D eigenvalue weighted by molar-refractivity contribution is 6.31. The molecule has 26 heavy (non-hydrogen) atoms. The van der Waals surface area contributed by atoms with Gasteiger partial charge in [0.15, 0.2) is 0 Å². The van der Waals surface area contributed by atoms with E-state index in [-0.39, 0.29) is 6.04 Å². The second-order valence-corrected chi connectivity index (χ2v) is 6.78. The number of halogens is 1. The van der Waals surface area contributed by atoms with Crippen molar-refractivity contribution in [1.82, 2.24) is 14.9 Å². The predicted molar refractivity (Wildman–Crippen MR) is 105 cm³/mol. The largest absolute Gasteiger partial charge is 0.379 e. The van der Waals surface area contributed by atoms with E-state index < -0.39 is 0 Å². The fraction of sp³-hybridized carbons (Fsp3) is 0.300. The highest BCUT2D eigenvalue weighted by Gasteiger charge is 2.22. The van der Waals surface area contributed by atoms with Gasteiger partial charge in [-0.25, -0.2) is 9.97 Å². The number of rotatable bonds is 5. The summed E-state index contributed by atoms with van der Waals surface area (Å²) in [6, 6.07) is 16.5. The van der Waals surface area contributed by atoms with Crippen LogP contribution in [0.5, 0.6) is 0 Å². The number of nitrogens with zero attached hydrogens (tertiary/aromatic N) is 3. The molecule has 6 heteroatoms. The first-order chi connectivity index (χ1) is 12.8. The van der Waals surface area contributed by atoms with E-state index in [1.807, 2.05) is 18.2 Å². The molecule has 3 aromatic rings. The summed E-state index contributed by atoms with van der Waals surface area (Å²) in [6.45, 7) is 4.18. The van der Waals surface area contributed by atoms with Crippen LogP contribution >= 0.6 is 11.6 Å². The minimum absolute atomic E-state index is 0.261. The normalized spacial score (nSPS) is 16.5. The zero-order valence-corrected chi connectivity index (χ0v) is 15.2. The van der Waals surface area contributed by atoms with Crippen molar-refractivity contribution >= 4 is 28.3 Å². The summed E-state index contributed by atoms with van der Waals surface area (Å²) in [7, 11) is 0. The molecular weight excluding hydrogens is 348 g/mol. The maximum absolute atomic E-state index is 6.08. The molecule has 1 aliphatic rings. The van der Waals surface area contributed by atoms with E-state index >= 15 is 0 Å². The van der Waals surface area contributed by atoms with E-state index in [0.717, 1.165) is 49.6 Å². The molecule has 1 saturated heterocycles. The Balaban J connectivity index is 1.58. The summed E-state index contributed by atoms with van der Waals surface area (Å²) in [4.78, 5) is 11.2. The van der Waals surface area contributed by atoms with Gasteiger partial charge in [0.2, 0.25) is 0 Å². The van der Waals surface area contributed by atoms with Crippen molar-refractivity contribution in [2.75, 3.05) is 38.2 Å². The Bertz CT molecular complexity index is 868. The summed E-state index contributed by atoms with van der Waals surface area (Å²) >= 11 is 6.08. The van der Waals surface area contributed by atoms with E-state index in [0.29, 0.717) is 5.02 Å². The summed E-state index contributed by atoms with van der Waals surface area (Å²) in [5.41, 5.74) is 2.14. The summed E-state index contributed by atoms with van der Waals surface area (Å²) in [6.07, 6.45) is 1.58. The zero-order valence-electron chi connectivity index (χ0n) is 14.4. The number of benzene rings is 2. The molecule has 1 unspecified atom stereocenters. The standard InChI is InChI=1S/C20H21ClN4O/c21-16-6-7-17-18(12-16)23-14-24-20(17)22-13-19(15-4-2-1-3-5-15)25-8-10-26-11-9-25/h1-7,12,14,19H,8-11,13H2,(H,22,23,24). The van der Waals surface area contributed by atoms with Crippen LogP contribution in [0.2, 0.25) is 5.02 Å². The van der Waals surface area contributed by atoms with Crippen molar-refractivity contribution in [3.8, 4) is 0 Å². The Morgan fingerprint density at radius 3 is 2.69 bits per heavy atom. The van der Waals surface area contributed by atoms with E-state index in [2.05, 4.69) is 50.5 Å². The van der Waals surface area contributed by atoms with E-state index in [1.165, 1.54) is 5.56 Å². The maximum atomic E-state index is 6.08.